The Bertz CT molecular complexity index is 653. The first-order chi connectivity index (χ1) is 10.1. The number of nitro groups is 1. The molecule has 2 N–H and O–H groups in total. The standard InChI is InChI=1S/C15H14N2O4/c18-15(19)12-3-1-2-11(10-12)8-9-16-13-4-6-14(7-5-13)17(20)21/h1-7,10,16H,8-9H2,(H,18,19). The lowest BCUT2D eigenvalue weighted by atomic mass is 10.1. The normalized spacial score (nSPS) is 10.1. The van der Waals surface area contributed by atoms with Crippen molar-refractivity contribution >= 4 is 17.3 Å². The van der Waals surface area contributed by atoms with Crippen molar-refractivity contribution in [2.45, 2.75) is 6.42 Å². The van der Waals surface area contributed by atoms with Crippen LogP contribution in [0.1, 0.15) is 15.9 Å². The number of nitrogens with zero attached hydrogens (tertiary/aromatic N) is 1. The van der Waals surface area contributed by atoms with Crippen molar-refractivity contribution in [1.82, 2.24) is 0 Å². The minimum atomic E-state index is -0.944. The van der Waals surface area contributed by atoms with Gasteiger partial charge in [-0.15, -0.1) is 0 Å². The average Bonchev–Trinajstić information content (AvgIpc) is 2.48. The molecule has 6 nitrogen and oxygen atoms in total. The van der Waals surface area contributed by atoms with Gasteiger partial charge in [-0.05, 0) is 36.2 Å². The van der Waals surface area contributed by atoms with E-state index in [9.17, 15) is 14.9 Å². The van der Waals surface area contributed by atoms with E-state index in [2.05, 4.69) is 5.32 Å². The predicted octanol–water partition coefficient (Wildman–Crippen LogP) is 2.95. The molecule has 2 rings (SSSR count). The molecular formula is C15H14N2O4. The van der Waals surface area contributed by atoms with Crippen molar-refractivity contribution in [2.24, 2.45) is 0 Å². The molecule has 0 aromatic heterocycles. The Morgan fingerprint density at radius 3 is 2.52 bits per heavy atom. The summed E-state index contributed by atoms with van der Waals surface area (Å²) in [6, 6.07) is 12.9. The van der Waals surface area contributed by atoms with E-state index in [4.69, 9.17) is 5.11 Å². The van der Waals surface area contributed by atoms with E-state index in [-0.39, 0.29) is 11.3 Å². The average molecular weight is 286 g/mol. The molecule has 0 saturated heterocycles. The zero-order chi connectivity index (χ0) is 15.2. The van der Waals surface area contributed by atoms with Crippen LogP contribution < -0.4 is 5.32 Å². The summed E-state index contributed by atoms with van der Waals surface area (Å²) in [5, 5.41) is 22.6. The maximum atomic E-state index is 10.9. The number of aromatic carboxylic acids is 1. The van der Waals surface area contributed by atoms with Crippen LogP contribution in [0.4, 0.5) is 11.4 Å². The minimum Gasteiger partial charge on any atom is -0.478 e. The zero-order valence-electron chi connectivity index (χ0n) is 11.2. The smallest absolute Gasteiger partial charge is 0.335 e. The number of nitro benzene ring substituents is 1. The third kappa shape index (κ3) is 4.04. The molecule has 0 amide bonds. The monoisotopic (exact) mass is 286 g/mol. The van der Waals surface area contributed by atoms with Gasteiger partial charge in [-0.1, -0.05) is 12.1 Å². The second kappa shape index (κ2) is 6.51. The van der Waals surface area contributed by atoms with Gasteiger partial charge in [0.1, 0.15) is 0 Å². The van der Waals surface area contributed by atoms with E-state index >= 15 is 0 Å². The molecule has 0 atom stereocenters. The molecule has 0 unspecified atom stereocenters. The summed E-state index contributed by atoms with van der Waals surface area (Å²) < 4.78 is 0. The second-order valence-electron chi connectivity index (χ2n) is 4.49. The topological polar surface area (TPSA) is 92.5 Å². The van der Waals surface area contributed by atoms with Gasteiger partial charge in [-0.3, -0.25) is 10.1 Å². The number of hydrogen-bond acceptors (Lipinski definition) is 4. The molecule has 0 aliphatic rings. The fraction of sp³-hybridized carbons (Fsp3) is 0.133. The molecule has 2 aromatic carbocycles. The van der Waals surface area contributed by atoms with Crippen LogP contribution >= 0.6 is 0 Å². The summed E-state index contributed by atoms with van der Waals surface area (Å²) >= 11 is 0. The first-order valence-corrected chi connectivity index (χ1v) is 6.37. The van der Waals surface area contributed by atoms with Crippen LogP contribution in [0.2, 0.25) is 0 Å². The number of anilines is 1. The van der Waals surface area contributed by atoms with E-state index < -0.39 is 10.9 Å². The lowest BCUT2D eigenvalue weighted by molar-refractivity contribution is -0.384. The molecule has 0 saturated carbocycles. The molecule has 0 heterocycles. The number of carboxylic acid groups (broad SMARTS) is 1. The first-order valence-electron chi connectivity index (χ1n) is 6.37. The van der Waals surface area contributed by atoms with Crippen molar-refractivity contribution in [1.29, 1.82) is 0 Å². The quantitative estimate of drug-likeness (QED) is 0.629. The minimum absolute atomic E-state index is 0.0507. The molecule has 21 heavy (non-hydrogen) atoms. The van der Waals surface area contributed by atoms with Gasteiger partial charge in [0.05, 0.1) is 10.5 Å². The number of nitrogens with one attached hydrogen (secondary N) is 1. The SMILES string of the molecule is O=C(O)c1cccc(CCNc2ccc([N+](=O)[O-])cc2)c1. The molecular weight excluding hydrogens is 272 g/mol. The van der Waals surface area contributed by atoms with Gasteiger partial charge in [0.2, 0.25) is 0 Å². The van der Waals surface area contributed by atoms with Crippen LogP contribution in [0.3, 0.4) is 0 Å². The molecule has 6 heteroatoms. The van der Waals surface area contributed by atoms with Gasteiger partial charge in [0, 0.05) is 24.4 Å². The largest absolute Gasteiger partial charge is 0.478 e. The number of carboxylic acids is 1. The predicted molar refractivity (Wildman–Crippen MR) is 78.7 cm³/mol. The van der Waals surface area contributed by atoms with Gasteiger partial charge in [0.15, 0.2) is 0 Å². The van der Waals surface area contributed by atoms with E-state index in [1.165, 1.54) is 12.1 Å². The van der Waals surface area contributed by atoms with Crippen molar-refractivity contribution in [3.05, 3.63) is 69.8 Å². The maximum absolute atomic E-state index is 10.9. The molecule has 0 spiro atoms. The lowest BCUT2D eigenvalue weighted by Crippen LogP contribution is -2.06. The molecule has 0 aliphatic carbocycles. The third-order valence-electron chi connectivity index (χ3n) is 2.99. The highest BCUT2D eigenvalue weighted by Crippen LogP contribution is 2.15. The van der Waals surface area contributed by atoms with Crippen LogP contribution in [-0.2, 0) is 6.42 Å². The summed E-state index contributed by atoms with van der Waals surface area (Å²) in [6.45, 7) is 0.612. The molecule has 0 bridgehead atoms. The molecule has 0 radical (unpaired) electrons. The Morgan fingerprint density at radius 2 is 1.90 bits per heavy atom. The van der Waals surface area contributed by atoms with Gasteiger partial charge >= 0.3 is 5.97 Å². The maximum Gasteiger partial charge on any atom is 0.335 e. The summed E-state index contributed by atoms with van der Waals surface area (Å²) in [4.78, 5) is 21.0. The fourth-order valence-electron chi connectivity index (χ4n) is 1.91. The van der Waals surface area contributed by atoms with Crippen molar-refractivity contribution in [2.75, 3.05) is 11.9 Å². The van der Waals surface area contributed by atoms with Crippen molar-refractivity contribution in [3.8, 4) is 0 Å². The van der Waals surface area contributed by atoms with E-state index in [0.717, 1.165) is 11.3 Å². The number of non-ortho nitro benzene ring substituents is 1. The number of rotatable bonds is 6. The third-order valence-corrected chi connectivity index (χ3v) is 2.99. The van der Waals surface area contributed by atoms with Crippen LogP contribution in [-0.4, -0.2) is 22.5 Å². The molecule has 0 fully saturated rings. The molecule has 2 aromatic rings. The van der Waals surface area contributed by atoms with Crippen LogP contribution in [0.25, 0.3) is 0 Å². The Hall–Kier alpha value is -2.89. The zero-order valence-corrected chi connectivity index (χ0v) is 11.2. The lowest BCUT2D eigenvalue weighted by Gasteiger charge is -2.07. The summed E-state index contributed by atoms with van der Waals surface area (Å²) in [6.07, 6.45) is 0.665. The van der Waals surface area contributed by atoms with Gasteiger partial charge in [-0.25, -0.2) is 4.79 Å². The van der Waals surface area contributed by atoms with E-state index in [1.54, 1.807) is 30.3 Å². The highest BCUT2D eigenvalue weighted by Gasteiger charge is 2.04. The van der Waals surface area contributed by atoms with E-state index in [0.29, 0.717) is 13.0 Å². The molecule has 108 valence electrons. The number of benzene rings is 2. The fourth-order valence-corrected chi connectivity index (χ4v) is 1.91. The molecule has 0 aliphatic heterocycles. The number of hydrogen-bond donors (Lipinski definition) is 2. The highest BCUT2D eigenvalue weighted by molar-refractivity contribution is 5.87. The van der Waals surface area contributed by atoms with Crippen molar-refractivity contribution in [3.63, 3.8) is 0 Å². The first kappa shape index (κ1) is 14.5. The second-order valence-corrected chi connectivity index (χ2v) is 4.49. The van der Waals surface area contributed by atoms with Crippen molar-refractivity contribution < 1.29 is 14.8 Å². The van der Waals surface area contributed by atoms with Crippen LogP contribution in [0.15, 0.2) is 48.5 Å². The Balaban J connectivity index is 1.90. The Kier molecular flexibility index (Phi) is 4.50. The van der Waals surface area contributed by atoms with Crippen LogP contribution in [0, 0.1) is 10.1 Å². The summed E-state index contributed by atoms with van der Waals surface area (Å²) in [5.74, 6) is -0.944. The highest BCUT2D eigenvalue weighted by atomic mass is 16.6. The Morgan fingerprint density at radius 1 is 1.19 bits per heavy atom. The summed E-state index contributed by atoms with van der Waals surface area (Å²) in [5.41, 5.74) is 2.02. The van der Waals surface area contributed by atoms with Gasteiger partial charge in [-0.2, -0.15) is 0 Å². The van der Waals surface area contributed by atoms with Crippen LogP contribution in [0.5, 0.6) is 0 Å². The van der Waals surface area contributed by atoms with Gasteiger partial charge in [0.25, 0.3) is 5.69 Å². The Labute approximate surface area is 121 Å². The van der Waals surface area contributed by atoms with Gasteiger partial charge < -0.3 is 10.4 Å². The number of carbonyl (C=O) groups is 1. The van der Waals surface area contributed by atoms with E-state index in [1.807, 2.05) is 6.07 Å². The summed E-state index contributed by atoms with van der Waals surface area (Å²) in [7, 11) is 0.